The number of hydrogen-bond acceptors (Lipinski definition) is 3. The van der Waals surface area contributed by atoms with E-state index < -0.39 is 0 Å². The molecule has 0 aromatic heterocycles. The molecule has 106 valence electrons. The van der Waals surface area contributed by atoms with Crippen LogP contribution in [0.3, 0.4) is 0 Å². The molecule has 0 aromatic rings. The molecular weight excluding hydrogens is 226 g/mol. The maximum Gasteiger partial charge on any atom is 0.0586 e. The second-order valence-electron chi connectivity index (χ2n) is 6.62. The van der Waals surface area contributed by atoms with Crippen molar-refractivity contribution in [2.45, 2.75) is 58.1 Å². The van der Waals surface area contributed by atoms with Gasteiger partial charge in [0.15, 0.2) is 0 Å². The van der Waals surface area contributed by atoms with Gasteiger partial charge in [0.25, 0.3) is 0 Å². The first-order valence-electron chi connectivity index (χ1n) is 7.64. The highest BCUT2D eigenvalue weighted by atomic mass is 16.3. The van der Waals surface area contributed by atoms with Crippen molar-refractivity contribution >= 4 is 0 Å². The van der Waals surface area contributed by atoms with Gasteiger partial charge in [0.2, 0.25) is 0 Å². The van der Waals surface area contributed by atoms with Crippen molar-refractivity contribution in [3.63, 3.8) is 0 Å². The number of hydrogen-bond donors (Lipinski definition) is 2. The molecule has 0 amide bonds. The molecule has 1 heterocycles. The van der Waals surface area contributed by atoms with E-state index in [9.17, 15) is 10.2 Å². The van der Waals surface area contributed by atoms with Crippen LogP contribution in [0.1, 0.15) is 46.0 Å². The molecular formula is C15H29NO2. The first-order chi connectivity index (χ1) is 8.61. The van der Waals surface area contributed by atoms with E-state index in [0.717, 1.165) is 44.2 Å². The molecule has 1 aliphatic heterocycles. The quantitative estimate of drug-likeness (QED) is 0.806. The first-order valence-corrected chi connectivity index (χ1v) is 7.64. The molecule has 3 heteroatoms. The average molecular weight is 255 g/mol. The Labute approximate surface area is 111 Å². The van der Waals surface area contributed by atoms with Crippen LogP contribution < -0.4 is 0 Å². The van der Waals surface area contributed by atoms with E-state index >= 15 is 0 Å². The number of rotatable bonds is 4. The Morgan fingerprint density at radius 1 is 1.22 bits per heavy atom. The van der Waals surface area contributed by atoms with Crippen molar-refractivity contribution in [1.29, 1.82) is 0 Å². The van der Waals surface area contributed by atoms with Gasteiger partial charge in [-0.1, -0.05) is 13.8 Å². The van der Waals surface area contributed by atoms with Crippen molar-refractivity contribution in [2.24, 2.45) is 17.8 Å². The third-order valence-electron chi connectivity index (χ3n) is 5.10. The molecule has 2 fully saturated rings. The molecule has 1 aliphatic carbocycles. The Hall–Kier alpha value is -0.120. The normalized spacial score (nSPS) is 38.5. The van der Waals surface area contributed by atoms with Gasteiger partial charge in [0.05, 0.1) is 12.7 Å². The highest BCUT2D eigenvalue weighted by molar-refractivity contribution is 4.87. The summed E-state index contributed by atoms with van der Waals surface area (Å²) in [6.07, 6.45) is 5.49. The number of nitrogens with zero attached hydrogens (tertiary/aromatic N) is 1. The van der Waals surface area contributed by atoms with Gasteiger partial charge in [-0.15, -0.1) is 0 Å². The van der Waals surface area contributed by atoms with Crippen LogP contribution in [0.25, 0.3) is 0 Å². The molecule has 4 atom stereocenters. The summed E-state index contributed by atoms with van der Waals surface area (Å²) in [7, 11) is 0. The summed E-state index contributed by atoms with van der Waals surface area (Å²) in [4.78, 5) is 2.40. The SMILES string of the molecule is CC(C)C1CCC(O)C(CN2CCCC2CO)C1. The summed E-state index contributed by atoms with van der Waals surface area (Å²) in [6.45, 7) is 6.95. The van der Waals surface area contributed by atoms with Gasteiger partial charge in [0.1, 0.15) is 0 Å². The minimum Gasteiger partial charge on any atom is -0.395 e. The Morgan fingerprint density at radius 2 is 2.00 bits per heavy atom. The maximum absolute atomic E-state index is 10.2. The van der Waals surface area contributed by atoms with Crippen LogP contribution in [-0.4, -0.2) is 47.0 Å². The lowest BCUT2D eigenvalue weighted by atomic mass is 9.74. The van der Waals surface area contributed by atoms with Crippen molar-refractivity contribution in [3.05, 3.63) is 0 Å². The zero-order chi connectivity index (χ0) is 13.1. The number of likely N-dealkylation sites (tertiary alicyclic amines) is 1. The van der Waals surface area contributed by atoms with Gasteiger partial charge in [0, 0.05) is 12.6 Å². The van der Waals surface area contributed by atoms with Gasteiger partial charge in [-0.05, 0) is 56.4 Å². The van der Waals surface area contributed by atoms with Gasteiger partial charge >= 0.3 is 0 Å². The Kier molecular flexibility index (Phi) is 5.05. The molecule has 0 aromatic carbocycles. The lowest BCUT2D eigenvalue weighted by Crippen LogP contribution is -2.42. The predicted octanol–water partition coefficient (Wildman–Crippen LogP) is 1.88. The first kappa shape index (κ1) is 14.3. The molecule has 0 bridgehead atoms. The van der Waals surface area contributed by atoms with E-state index in [1.807, 2.05) is 0 Å². The Bertz CT molecular complexity index is 257. The smallest absolute Gasteiger partial charge is 0.0586 e. The molecule has 2 aliphatic rings. The van der Waals surface area contributed by atoms with Gasteiger partial charge in [-0.2, -0.15) is 0 Å². The molecule has 1 saturated carbocycles. The van der Waals surface area contributed by atoms with Gasteiger partial charge < -0.3 is 10.2 Å². The minimum absolute atomic E-state index is 0.125. The standard InChI is InChI=1S/C15H29NO2/c1-11(2)12-5-6-15(18)13(8-12)9-16-7-3-4-14(16)10-17/h11-15,17-18H,3-10H2,1-2H3. The summed E-state index contributed by atoms with van der Waals surface area (Å²) < 4.78 is 0. The van der Waals surface area contributed by atoms with Crippen LogP contribution in [0, 0.1) is 17.8 Å². The lowest BCUT2D eigenvalue weighted by molar-refractivity contribution is 0.0122. The second kappa shape index (κ2) is 6.36. The topological polar surface area (TPSA) is 43.7 Å². The van der Waals surface area contributed by atoms with Crippen molar-refractivity contribution in [2.75, 3.05) is 19.7 Å². The summed E-state index contributed by atoms with van der Waals surface area (Å²) in [5, 5.41) is 19.6. The van der Waals surface area contributed by atoms with E-state index in [0.29, 0.717) is 12.0 Å². The molecule has 3 nitrogen and oxygen atoms in total. The van der Waals surface area contributed by atoms with E-state index in [2.05, 4.69) is 18.7 Å². The summed E-state index contributed by atoms with van der Waals surface area (Å²) in [6, 6.07) is 0.344. The van der Waals surface area contributed by atoms with Crippen LogP contribution in [0.5, 0.6) is 0 Å². The van der Waals surface area contributed by atoms with E-state index in [1.54, 1.807) is 0 Å². The van der Waals surface area contributed by atoms with Crippen LogP contribution in [0.15, 0.2) is 0 Å². The average Bonchev–Trinajstić information content (AvgIpc) is 2.79. The van der Waals surface area contributed by atoms with Crippen molar-refractivity contribution in [1.82, 2.24) is 4.90 Å². The number of aliphatic hydroxyl groups excluding tert-OH is 2. The highest BCUT2D eigenvalue weighted by Gasteiger charge is 2.34. The maximum atomic E-state index is 10.2. The highest BCUT2D eigenvalue weighted by Crippen LogP contribution is 2.35. The van der Waals surface area contributed by atoms with E-state index in [-0.39, 0.29) is 12.7 Å². The predicted molar refractivity (Wildman–Crippen MR) is 73.4 cm³/mol. The van der Waals surface area contributed by atoms with Crippen LogP contribution >= 0.6 is 0 Å². The molecule has 0 radical (unpaired) electrons. The fourth-order valence-corrected chi connectivity index (χ4v) is 3.73. The molecule has 2 rings (SSSR count). The molecule has 2 N–H and O–H groups in total. The summed E-state index contributed by atoms with van der Waals surface area (Å²) >= 11 is 0. The molecule has 18 heavy (non-hydrogen) atoms. The third-order valence-corrected chi connectivity index (χ3v) is 5.10. The fourth-order valence-electron chi connectivity index (χ4n) is 3.73. The third kappa shape index (κ3) is 3.25. The van der Waals surface area contributed by atoms with Crippen molar-refractivity contribution in [3.8, 4) is 0 Å². The lowest BCUT2D eigenvalue weighted by Gasteiger charge is -2.38. The molecule has 0 spiro atoms. The van der Waals surface area contributed by atoms with Crippen molar-refractivity contribution < 1.29 is 10.2 Å². The summed E-state index contributed by atoms with van der Waals surface area (Å²) in [5.41, 5.74) is 0. The zero-order valence-electron chi connectivity index (χ0n) is 11.9. The minimum atomic E-state index is -0.125. The van der Waals surface area contributed by atoms with Crippen LogP contribution in [0.2, 0.25) is 0 Å². The Balaban J connectivity index is 1.90. The second-order valence-corrected chi connectivity index (χ2v) is 6.62. The molecule has 4 unspecified atom stereocenters. The van der Waals surface area contributed by atoms with Gasteiger partial charge in [-0.3, -0.25) is 4.90 Å². The summed E-state index contributed by atoms with van der Waals surface area (Å²) in [5.74, 6) is 1.92. The Morgan fingerprint density at radius 3 is 2.67 bits per heavy atom. The fraction of sp³-hybridized carbons (Fsp3) is 1.00. The van der Waals surface area contributed by atoms with E-state index in [1.165, 1.54) is 12.8 Å². The van der Waals surface area contributed by atoms with Gasteiger partial charge in [-0.25, -0.2) is 0 Å². The largest absolute Gasteiger partial charge is 0.395 e. The monoisotopic (exact) mass is 255 g/mol. The van der Waals surface area contributed by atoms with E-state index in [4.69, 9.17) is 0 Å². The van der Waals surface area contributed by atoms with Crippen LogP contribution in [-0.2, 0) is 0 Å². The number of aliphatic hydroxyl groups is 2. The molecule has 1 saturated heterocycles. The van der Waals surface area contributed by atoms with Crippen LogP contribution in [0.4, 0.5) is 0 Å². The zero-order valence-corrected chi connectivity index (χ0v) is 11.9.